The number of aryl methyl sites for hydroxylation is 1. The van der Waals surface area contributed by atoms with E-state index in [1.54, 1.807) is 29.3 Å². The van der Waals surface area contributed by atoms with Gasteiger partial charge in [-0.2, -0.15) is 0 Å². The van der Waals surface area contributed by atoms with E-state index in [-0.39, 0.29) is 10.9 Å². The van der Waals surface area contributed by atoms with E-state index in [2.05, 4.69) is 15.2 Å². The quantitative estimate of drug-likeness (QED) is 0.706. The largest absolute Gasteiger partial charge is 0.318 e. The molecule has 0 amide bonds. The number of sulfone groups is 1. The summed E-state index contributed by atoms with van der Waals surface area (Å²) in [4.78, 5) is 4.14. The summed E-state index contributed by atoms with van der Waals surface area (Å²) >= 11 is 0. The third kappa shape index (κ3) is 2.84. The monoisotopic (exact) mass is 345 g/mol. The summed E-state index contributed by atoms with van der Waals surface area (Å²) in [5.74, 6) is 0.910. The fourth-order valence-electron chi connectivity index (χ4n) is 2.74. The van der Waals surface area contributed by atoms with E-state index < -0.39 is 9.84 Å². The van der Waals surface area contributed by atoms with E-state index in [1.807, 2.05) is 37.3 Å². The molecule has 0 aliphatic heterocycles. The van der Waals surface area contributed by atoms with Crippen molar-refractivity contribution in [3.8, 4) is 11.3 Å². The molecule has 0 saturated carbocycles. The highest BCUT2D eigenvalue weighted by molar-refractivity contribution is 7.90. The van der Waals surface area contributed by atoms with Crippen molar-refractivity contribution in [2.45, 2.75) is 31.3 Å². The number of rotatable bonds is 5. The van der Waals surface area contributed by atoms with Crippen LogP contribution in [0.2, 0.25) is 0 Å². The summed E-state index contributed by atoms with van der Waals surface area (Å²) in [6.07, 6.45) is 1.58. The first-order valence-electron chi connectivity index (χ1n) is 7.62. The van der Waals surface area contributed by atoms with Gasteiger partial charge in [-0.1, -0.05) is 30.3 Å². The molecule has 3 aromatic rings. The Balaban J connectivity index is 1.98. The molecule has 0 bridgehead atoms. The van der Waals surface area contributed by atoms with Crippen molar-refractivity contribution in [3.63, 3.8) is 0 Å². The molecule has 0 aliphatic carbocycles. The van der Waals surface area contributed by atoms with Crippen LogP contribution in [-0.2, 0) is 29.2 Å². The van der Waals surface area contributed by atoms with Crippen LogP contribution < -0.4 is 0 Å². The Bertz CT molecular complexity index is 958. The van der Waals surface area contributed by atoms with Crippen LogP contribution in [0.25, 0.3) is 11.3 Å². The van der Waals surface area contributed by atoms with Crippen LogP contribution in [0.3, 0.4) is 0 Å². The van der Waals surface area contributed by atoms with Gasteiger partial charge in [0.1, 0.15) is 17.4 Å². The molecule has 0 fully saturated rings. The molecule has 126 valence electrons. The first-order valence-corrected chi connectivity index (χ1v) is 9.28. The third-order valence-corrected chi connectivity index (χ3v) is 5.51. The van der Waals surface area contributed by atoms with Crippen molar-refractivity contribution < 1.29 is 8.42 Å². The number of benzene rings is 1. The minimum absolute atomic E-state index is 0.0321. The molecule has 1 aromatic carbocycles. The molecule has 0 unspecified atom stereocenters. The molecular formula is C16H19N5O2S. The molecule has 7 nitrogen and oxygen atoms in total. The van der Waals surface area contributed by atoms with Gasteiger partial charge < -0.3 is 9.13 Å². The number of nitrogens with zero attached hydrogens (tertiary/aromatic N) is 5. The van der Waals surface area contributed by atoms with Crippen molar-refractivity contribution in [2.75, 3.05) is 0 Å². The van der Waals surface area contributed by atoms with Gasteiger partial charge in [0.25, 0.3) is 0 Å². The highest BCUT2D eigenvalue weighted by Gasteiger charge is 2.25. The van der Waals surface area contributed by atoms with Gasteiger partial charge in [-0.25, -0.2) is 13.4 Å². The van der Waals surface area contributed by atoms with Gasteiger partial charge in [0.2, 0.25) is 15.0 Å². The van der Waals surface area contributed by atoms with Crippen LogP contribution in [0.1, 0.15) is 18.6 Å². The first kappa shape index (κ1) is 16.4. The topological polar surface area (TPSA) is 82.7 Å². The molecule has 2 aromatic heterocycles. The SMILES string of the molecule is CCn1c(C)nnc1CS(=O)(=O)c1ncc(-c2ccccc2)n1C. The van der Waals surface area contributed by atoms with Gasteiger partial charge in [0.05, 0.1) is 11.9 Å². The average Bonchev–Trinajstić information content (AvgIpc) is 3.11. The van der Waals surface area contributed by atoms with Gasteiger partial charge in [-0.05, 0) is 19.4 Å². The maximum absolute atomic E-state index is 12.8. The van der Waals surface area contributed by atoms with Crippen molar-refractivity contribution in [2.24, 2.45) is 7.05 Å². The summed E-state index contributed by atoms with van der Waals surface area (Å²) in [6.45, 7) is 4.36. The van der Waals surface area contributed by atoms with E-state index >= 15 is 0 Å². The number of hydrogen-bond donors (Lipinski definition) is 0. The molecule has 24 heavy (non-hydrogen) atoms. The minimum Gasteiger partial charge on any atom is -0.318 e. The van der Waals surface area contributed by atoms with Crippen molar-refractivity contribution in [3.05, 3.63) is 48.2 Å². The second-order valence-electron chi connectivity index (χ2n) is 5.52. The predicted octanol–water partition coefficient (Wildman–Crippen LogP) is 1.98. The number of aromatic nitrogens is 5. The van der Waals surface area contributed by atoms with Crippen LogP contribution in [0.4, 0.5) is 0 Å². The average molecular weight is 345 g/mol. The van der Waals surface area contributed by atoms with Gasteiger partial charge in [0.15, 0.2) is 0 Å². The lowest BCUT2D eigenvalue weighted by atomic mass is 10.2. The zero-order valence-corrected chi connectivity index (χ0v) is 14.7. The summed E-state index contributed by atoms with van der Waals surface area (Å²) in [6, 6.07) is 9.57. The van der Waals surface area contributed by atoms with Crippen LogP contribution in [-0.4, -0.2) is 32.7 Å². The van der Waals surface area contributed by atoms with E-state index in [1.165, 1.54) is 0 Å². The Hall–Kier alpha value is -2.48. The third-order valence-electron chi connectivity index (χ3n) is 3.94. The van der Waals surface area contributed by atoms with E-state index in [0.717, 1.165) is 11.3 Å². The number of imidazole rings is 1. The standard InChI is InChI=1S/C16H19N5O2S/c1-4-21-12(2)18-19-15(21)11-24(22,23)16-17-10-14(20(16)3)13-8-6-5-7-9-13/h5-10H,4,11H2,1-3H3. The second-order valence-corrected chi connectivity index (χ2v) is 7.40. The molecule has 0 saturated heterocycles. The minimum atomic E-state index is -3.62. The molecule has 2 heterocycles. The fourth-order valence-corrected chi connectivity index (χ4v) is 4.15. The fraction of sp³-hybridized carbons (Fsp3) is 0.312. The van der Waals surface area contributed by atoms with Crippen LogP contribution >= 0.6 is 0 Å². The summed E-state index contributed by atoms with van der Waals surface area (Å²) in [5, 5.41) is 7.98. The lowest BCUT2D eigenvalue weighted by Gasteiger charge is -2.08. The number of hydrogen-bond acceptors (Lipinski definition) is 5. The highest BCUT2D eigenvalue weighted by Crippen LogP contribution is 2.23. The Kier molecular flexibility index (Phi) is 4.23. The van der Waals surface area contributed by atoms with Gasteiger partial charge in [-0.15, -0.1) is 10.2 Å². The van der Waals surface area contributed by atoms with Crippen LogP contribution in [0.5, 0.6) is 0 Å². The maximum atomic E-state index is 12.8. The zero-order valence-electron chi connectivity index (χ0n) is 13.8. The van der Waals surface area contributed by atoms with Crippen molar-refractivity contribution in [1.29, 1.82) is 0 Å². The van der Waals surface area contributed by atoms with E-state index in [0.29, 0.717) is 18.2 Å². The van der Waals surface area contributed by atoms with Gasteiger partial charge >= 0.3 is 0 Å². The smallest absolute Gasteiger partial charge is 0.228 e. The van der Waals surface area contributed by atoms with Gasteiger partial charge in [-0.3, -0.25) is 0 Å². The van der Waals surface area contributed by atoms with Gasteiger partial charge in [0, 0.05) is 13.6 Å². The normalized spacial score (nSPS) is 11.8. The van der Waals surface area contributed by atoms with E-state index in [9.17, 15) is 8.42 Å². The first-order chi connectivity index (χ1) is 11.4. The summed E-state index contributed by atoms with van der Waals surface area (Å²) < 4.78 is 29.0. The van der Waals surface area contributed by atoms with Crippen LogP contribution in [0.15, 0.2) is 41.7 Å². The second kappa shape index (κ2) is 6.20. The summed E-state index contributed by atoms with van der Waals surface area (Å²) in [7, 11) is -1.92. The van der Waals surface area contributed by atoms with E-state index in [4.69, 9.17) is 0 Å². The Morgan fingerprint density at radius 3 is 2.50 bits per heavy atom. The predicted molar refractivity (Wildman–Crippen MR) is 90.0 cm³/mol. The molecule has 0 atom stereocenters. The Morgan fingerprint density at radius 1 is 1.12 bits per heavy atom. The molecule has 0 N–H and O–H groups in total. The molecule has 0 radical (unpaired) electrons. The lowest BCUT2D eigenvalue weighted by molar-refractivity contribution is 0.574. The van der Waals surface area contributed by atoms with Crippen molar-refractivity contribution >= 4 is 9.84 Å². The molecule has 0 spiro atoms. The molecule has 3 rings (SSSR count). The highest BCUT2D eigenvalue weighted by atomic mass is 32.2. The molecule has 0 aliphatic rings. The van der Waals surface area contributed by atoms with Crippen LogP contribution in [0, 0.1) is 6.92 Å². The maximum Gasteiger partial charge on any atom is 0.228 e. The summed E-state index contributed by atoms with van der Waals surface area (Å²) in [5.41, 5.74) is 1.67. The lowest BCUT2D eigenvalue weighted by Crippen LogP contribution is -2.15. The Labute approximate surface area is 140 Å². The zero-order chi connectivity index (χ0) is 17.3. The molecular weight excluding hydrogens is 326 g/mol. The Morgan fingerprint density at radius 2 is 1.83 bits per heavy atom. The van der Waals surface area contributed by atoms with Crippen molar-refractivity contribution in [1.82, 2.24) is 24.3 Å². The molecule has 8 heteroatoms.